The predicted molar refractivity (Wildman–Crippen MR) is 120 cm³/mol. The molecule has 0 radical (unpaired) electrons. The maximum atomic E-state index is 12.5. The van der Waals surface area contributed by atoms with E-state index in [9.17, 15) is 9.90 Å². The van der Waals surface area contributed by atoms with Gasteiger partial charge in [-0.15, -0.1) is 0 Å². The summed E-state index contributed by atoms with van der Waals surface area (Å²) in [5.41, 5.74) is 4.05. The minimum atomic E-state index is -0.0777. The molecule has 1 aliphatic rings. The van der Waals surface area contributed by atoms with Crippen LogP contribution in [0.4, 0.5) is 0 Å². The Balaban J connectivity index is 1.24. The number of hydrogen-bond acceptors (Lipinski definition) is 4. The largest absolute Gasteiger partial charge is 0.396 e. The van der Waals surface area contributed by atoms with E-state index < -0.39 is 0 Å². The van der Waals surface area contributed by atoms with Crippen LogP contribution in [0, 0.1) is 5.92 Å². The van der Waals surface area contributed by atoms with E-state index in [2.05, 4.69) is 27.4 Å². The SMILES string of the molecule is O=C(NCc1cnn(Cc2ccccc2)c1)c1ccc(CN2CCC(CO)CC2)cc1. The van der Waals surface area contributed by atoms with Gasteiger partial charge in [0.1, 0.15) is 0 Å². The number of benzene rings is 2. The van der Waals surface area contributed by atoms with Crippen LogP contribution in [0.25, 0.3) is 0 Å². The molecule has 2 heterocycles. The average Bonchev–Trinajstić information content (AvgIpc) is 3.26. The van der Waals surface area contributed by atoms with Crippen molar-refractivity contribution in [3.63, 3.8) is 0 Å². The molecule has 162 valence electrons. The Morgan fingerprint density at radius 1 is 0.968 bits per heavy atom. The van der Waals surface area contributed by atoms with E-state index in [-0.39, 0.29) is 5.91 Å². The van der Waals surface area contributed by atoms with Gasteiger partial charge >= 0.3 is 0 Å². The van der Waals surface area contributed by atoms with E-state index in [1.807, 2.05) is 53.3 Å². The second-order valence-corrected chi connectivity index (χ2v) is 8.31. The minimum absolute atomic E-state index is 0.0777. The van der Waals surface area contributed by atoms with Crippen LogP contribution in [-0.2, 0) is 19.6 Å². The van der Waals surface area contributed by atoms with E-state index in [0.717, 1.165) is 38.0 Å². The lowest BCUT2D eigenvalue weighted by Gasteiger charge is -2.31. The molecule has 0 bridgehead atoms. The molecular weight excluding hydrogens is 388 g/mol. The zero-order chi connectivity index (χ0) is 21.5. The number of rotatable bonds is 8. The molecule has 1 aromatic heterocycles. The smallest absolute Gasteiger partial charge is 0.251 e. The van der Waals surface area contributed by atoms with Crippen molar-refractivity contribution in [1.82, 2.24) is 20.0 Å². The number of likely N-dealkylation sites (tertiary alicyclic amines) is 1. The number of amides is 1. The average molecular weight is 419 g/mol. The van der Waals surface area contributed by atoms with Crippen LogP contribution in [-0.4, -0.2) is 45.4 Å². The number of nitrogens with one attached hydrogen (secondary N) is 1. The monoisotopic (exact) mass is 418 g/mol. The van der Waals surface area contributed by atoms with Crippen LogP contribution in [0.1, 0.15) is 39.9 Å². The molecule has 3 aromatic rings. The van der Waals surface area contributed by atoms with Crippen LogP contribution in [0.5, 0.6) is 0 Å². The van der Waals surface area contributed by atoms with Crippen molar-refractivity contribution in [2.75, 3.05) is 19.7 Å². The quantitative estimate of drug-likeness (QED) is 0.590. The number of carbonyl (C=O) groups excluding carboxylic acids is 1. The third kappa shape index (κ3) is 6.03. The fraction of sp³-hybridized carbons (Fsp3) is 0.360. The molecule has 0 saturated carbocycles. The van der Waals surface area contributed by atoms with Gasteiger partial charge in [-0.05, 0) is 55.1 Å². The number of nitrogens with zero attached hydrogens (tertiary/aromatic N) is 3. The normalized spacial score (nSPS) is 15.1. The van der Waals surface area contributed by atoms with Gasteiger partial charge in [-0.2, -0.15) is 5.10 Å². The summed E-state index contributed by atoms with van der Waals surface area (Å²) in [7, 11) is 0. The van der Waals surface area contributed by atoms with Gasteiger partial charge in [0.05, 0.1) is 12.7 Å². The summed E-state index contributed by atoms with van der Waals surface area (Å²) in [6, 6.07) is 18.0. The number of aliphatic hydroxyl groups excluding tert-OH is 1. The standard InChI is InChI=1S/C25H30N4O2/c30-19-22-10-12-28(13-11-22)16-21-6-8-24(9-7-21)25(31)26-14-23-15-27-29(18-23)17-20-4-2-1-3-5-20/h1-9,15,18,22,30H,10-14,16-17,19H2,(H,26,31). The van der Waals surface area contributed by atoms with Crippen molar-refractivity contribution < 1.29 is 9.90 Å². The highest BCUT2D eigenvalue weighted by Gasteiger charge is 2.18. The predicted octanol–water partition coefficient (Wildman–Crippen LogP) is 3.07. The number of aromatic nitrogens is 2. The van der Waals surface area contributed by atoms with E-state index in [1.165, 1.54) is 11.1 Å². The zero-order valence-corrected chi connectivity index (χ0v) is 17.8. The Morgan fingerprint density at radius 2 is 1.68 bits per heavy atom. The van der Waals surface area contributed by atoms with Crippen molar-refractivity contribution in [1.29, 1.82) is 0 Å². The first-order valence-electron chi connectivity index (χ1n) is 11.0. The summed E-state index contributed by atoms with van der Waals surface area (Å²) in [5, 5.41) is 16.6. The summed E-state index contributed by atoms with van der Waals surface area (Å²) >= 11 is 0. The summed E-state index contributed by atoms with van der Waals surface area (Å²) in [4.78, 5) is 14.9. The van der Waals surface area contributed by atoms with Crippen molar-refractivity contribution in [3.8, 4) is 0 Å². The molecule has 1 amide bonds. The van der Waals surface area contributed by atoms with Gasteiger partial charge in [-0.1, -0.05) is 42.5 Å². The van der Waals surface area contributed by atoms with Gasteiger partial charge in [0.25, 0.3) is 5.91 Å². The lowest BCUT2D eigenvalue weighted by atomic mass is 9.97. The van der Waals surface area contributed by atoms with Crippen LogP contribution in [0.15, 0.2) is 67.0 Å². The van der Waals surface area contributed by atoms with Crippen molar-refractivity contribution >= 4 is 5.91 Å². The Labute approximate surface area is 183 Å². The van der Waals surface area contributed by atoms with Crippen LogP contribution in [0.3, 0.4) is 0 Å². The molecule has 1 aliphatic heterocycles. The highest BCUT2D eigenvalue weighted by atomic mass is 16.3. The molecule has 2 N–H and O–H groups in total. The highest BCUT2D eigenvalue weighted by Crippen LogP contribution is 2.18. The summed E-state index contributed by atoms with van der Waals surface area (Å²) in [5.74, 6) is 0.374. The summed E-state index contributed by atoms with van der Waals surface area (Å²) < 4.78 is 1.88. The number of hydrogen-bond donors (Lipinski definition) is 2. The number of aliphatic hydroxyl groups is 1. The minimum Gasteiger partial charge on any atom is -0.396 e. The molecule has 0 spiro atoms. The summed E-state index contributed by atoms with van der Waals surface area (Å²) in [6.45, 7) is 4.39. The van der Waals surface area contributed by atoms with Gasteiger partial charge in [-0.3, -0.25) is 14.4 Å². The lowest BCUT2D eigenvalue weighted by Crippen LogP contribution is -2.34. The van der Waals surface area contributed by atoms with E-state index >= 15 is 0 Å². The van der Waals surface area contributed by atoms with E-state index in [4.69, 9.17) is 0 Å². The number of piperidine rings is 1. The lowest BCUT2D eigenvalue weighted by molar-refractivity contribution is 0.0951. The Bertz CT molecular complexity index is 961. The molecule has 2 aromatic carbocycles. The van der Waals surface area contributed by atoms with Gasteiger partial charge in [-0.25, -0.2) is 0 Å². The third-order valence-electron chi connectivity index (χ3n) is 5.91. The van der Waals surface area contributed by atoms with E-state index in [0.29, 0.717) is 31.2 Å². The van der Waals surface area contributed by atoms with Crippen molar-refractivity contribution in [2.24, 2.45) is 5.92 Å². The van der Waals surface area contributed by atoms with Crippen molar-refractivity contribution in [2.45, 2.75) is 32.5 Å². The Morgan fingerprint density at radius 3 is 2.39 bits per heavy atom. The van der Waals surface area contributed by atoms with Gasteiger partial charge in [0, 0.05) is 37.0 Å². The molecule has 0 unspecified atom stereocenters. The molecule has 6 heteroatoms. The topological polar surface area (TPSA) is 70.4 Å². The molecule has 1 fully saturated rings. The fourth-order valence-electron chi connectivity index (χ4n) is 3.99. The zero-order valence-electron chi connectivity index (χ0n) is 17.8. The van der Waals surface area contributed by atoms with Crippen LogP contribution < -0.4 is 5.32 Å². The molecule has 0 aliphatic carbocycles. The highest BCUT2D eigenvalue weighted by molar-refractivity contribution is 5.94. The first kappa shape index (κ1) is 21.3. The van der Waals surface area contributed by atoms with Gasteiger partial charge < -0.3 is 10.4 Å². The molecule has 4 rings (SSSR count). The maximum Gasteiger partial charge on any atom is 0.251 e. The molecule has 1 saturated heterocycles. The van der Waals surface area contributed by atoms with Gasteiger partial charge in [0.2, 0.25) is 0 Å². The summed E-state index contributed by atoms with van der Waals surface area (Å²) in [6.07, 6.45) is 5.88. The van der Waals surface area contributed by atoms with Crippen LogP contribution in [0.2, 0.25) is 0 Å². The Hall–Kier alpha value is -2.96. The first-order chi connectivity index (χ1) is 15.2. The fourth-order valence-corrected chi connectivity index (χ4v) is 3.99. The van der Waals surface area contributed by atoms with Crippen LogP contribution >= 0.6 is 0 Å². The third-order valence-corrected chi connectivity index (χ3v) is 5.91. The van der Waals surface area contributed by atoms with Crippen molar-refractivity contribution in [3.05, 3.63) is 89.2 Å². The maximum absolute atomic E-state index is 12.5. The Kier molecular flexibility index (Phi) is 7.12. The second kappa shape index (κ2) is 10.4. The molecular formula is C25H30N4O2. The van der Waals surface area contributed by atoms with E-state index in [1.54, 1.807) is 6.20 Å². The van der Waals surface area contributed by atoms with Gasteiger partial charge in [0.15, 0.2) is 0 Å². The molecule has 6 nitrogen and oxygen atoms in total. The molecule has 31 heavy (non-hydrogen) atoms. The second-order valence-electron chi connectivity index (χ2n) is 8.31. The first-order valence-corrected chi connectivity index (χ1v) is 11.0. The number of carbonyl (C=O) groups is 1. The molecule has 0 atom stereocenters.